The molecule has 1 aromatic carbocycles. The van der Waals surface area contributed by atoms with Crippen molar-refractivity contribution in [1.82, 2.24) is 5.32 Å². The number of alkyl carbamates (subject to hydrolysis) is 1. The zero-order valence-corrected chi connectivity index (χ0v) is 20.1. The molecule has 1 aromatic rings. The third kappa shape index (κ3) is 5.95. The summed E-state index contributed by atoms with van der Waals surface area (Å²) in [4.78, 5) is 17.3. The van der Waals surface area contributed by atoms with Crippen LogP contribution in [0.2, 0.25) is 13.1 Å². The number of carbonyl (C=O) groups excluding carboxylic acids is 1. The standard InChI is InChI=1S/C23H36N2O3Si/c1-16(17(2)29(8,9)18-13-11-10-12-14-18)19(20-25-23(6,7)15-27-20)24-21(26)28-22(3,4)5/h10-14,16,19H,2,15H2,1,3-9H3,(H,24,26). The van der Waals surface area contributed by atoms with Gasteiger partial charge in [0.05, 0.1) is 5.54 Å². The van der Waals surface area contributed by atoms with Gasteiger partial charge in [-0.05, 0) is 34.6 Å². The van der Waals surface area contributed by atoms with E-state index in [4.69, 9.17) is 14.5 Å². The molecule has 0 radical (unpaired) electrons. The topological polar surface area (TPSA) is 59.9 Å². The third-order valence-corrected chi connectivity index (χ3v) is 9.11. The highest BCUT2D eigenvalue weighted by Crippen LogP contribution is 2.28. The molecule has 1 aliphatic rings. The summed E-state index contributed by atoms with van der Waals surface area (Å²) in [5, 5.41) is 5.44. The van der Waals surface area contributed by atoms with Gasteiger partial charge in [0.25, 0.3) is 0 Å². The number of carbonyl (C=O) groups is 1. The van der Waals surface area contributed by atoms with Gasteiger partial charge in [-0.15, -0.1) is 6.58 Å². The van der Waals surface area contributed by atoms with Crippen molar-refractivity contribution in [3.8, 4) is 0 Å². The lowest BCUT2D eigenvalue weighted by molar-refractivity contribution is 0.0505. The summed E-state index contributed by atoms with van der Waals surface area (Å²) in [5.74, 6) is 0.490. The van der Waals surface area contributed by atoms with E-state index in [1.54, 1.807) is 0 Å². The van der Waals surface area contributed by atoms with Gasteiger partial charge in [-0.25, -0.2) is 9.79 Å². The van der Waals surface area contributed by atoms with Crippen molar-refractivity contribution in [1.29, 1.82) is 0 Å². The quantitative estimate of drug-likeness (QED) is 0.698. The Morgan fingerprint density at radius 1 is 1.28 bits per heavy atom. The van der Waals surface area contributed by atoms with E-state index >= 15 is 0 Å². The van der Waals surface area contributed by atoms with E-state index in [9.17, 15) is 4.79 Å². The van der Waals surface area contributed by atoms with Crippen molar-refractivity contribution < 1.29 is 14.3 Å². The fourth-order valence-electron chi connectivity index (χ4n) is 3.42. The van der Waals surface area contributed by atoms with Crippen molar-refractivity contribution in [2.45, 2.75) is 71.8 Å². The second-order valence-electron chi connectivity index (χ2n) is 9.98. The molecule has 1 amide bonds. The molecule has 0 fully saturated rings. The van der Waals surface area contributed by atoms with Crippen LogP contribution in [0.25, 0.3) is 0 Å². The first-order valence-electron chi connectivity index (χ1n) is 10.2. The molecule has 6 heteroatoms. The molecule has 160 valence electrons. The van der Waals surface area contributed by atoms with Crippen molar-refractivity contribution in [3.05, 3.63) is 42.1 Å². The van der Waals surface area contributed by atoms with Gasteiger partial charge in [0, 0.05) is 5.92 Å². The van der Waals surface area contributed by atoms with Gasteiger partial charge in [-0.2, -0.15) is 0 Å². The Hall–Kier alpha value is -2.08. The maximum Gasteiger partial charge on any atom is 0.408 e. The predicted molar refractivity (Wildman–Crippen MR) is 122 cm³/mol. The number of aliphatic imine (C=N–C) groups is 1. The van der Waals surface area contributed by atoms with Crippen LogP contribution in [0, 0.1) is 5.92 Å². The summed E-state index contributed by atoms with van der Waals surface area (Å²) in [6.45, 7) is 21.2. The zero-order chi connectivity index (χ0) is 22.0. The van der Waals surface area contributed by atoms with Crippen molar-refractivity contribution >= 4 is 25.3 Å². The number of nitrogens with one attached hydrogen (secondary N) is 1. The van der Waals surface area contributed by atoms with Crippen LogP contribution >= 0.6 is 0 Å². The molecule has 0 aromatic heterocycles. The fourth-order valence-corrected chi connectivity index (χ4v) is 6.12. The van der Waals surface area contributed by atoms with Crippen LogP contribution in [0.3, 0.4) is 0 Å². The summed E-state index contributed by atoms with van der Waals surface area (Å²) in [6.07, 6.45) is -0.475. The van der Waals surface area contributed by atoms with Crippen LogP contribution in [-0.2, 0) is 9.47 Å². The summed E-state index contributed by atoms with van der Waals surface area (Å²) >= 11 is 0. The molecule has 2 unspecified atom stereocenters. The Kier molecular flexibility index (Phi) is 6.67. The number of ether oxygens (including phenoxy) is 2. The van der Waals surface area contributed by atoms with Crippen molar-refractivity contribution in [2.24, 2.45) is 10.9 Å². The van der Waals surface area contributed by atoms with Crippen molar-refractivity contribution in [2.75, 3.05) is 6.61 Å². The Morgan fingerprint density at radius 3 is 2.34 bits per heavy atom. The molecular formula is C23H36N2O3Si. The summed E-state index contributed by atoms with van der Waals surface area (Å²) in [5.41, 5.74) is -0.888. The van der Waals surface area contributed by atoms with Gasteiger partial charge >= 0.3 is 6.09 Å². The second kappa shape index (κ2) is 8.34. The number of rotatable bonds is 6. The molecule has 0 saturated heterocycles. The zero-order valence-electron chi connectivity index (χ0n) is 19.1. The average Bonchev–Trinajstić information content (AvgIpc) is 2.97. The molecule has 0 spiro atoms. The smallest absolute Gasteiger partial charge is 0.408 e. The van der Waals surface area contributed by atoms with E-state index in [0.717, 1.165) is 5.20 Å². The van der Waals surface area contributed by atoms with Crippen LogP contribution in [0.15, 0.2) is 47.1 Å². The Morgan fingerprint density at radius 2 is 1.86 bits per heavy atom. The third-order valence-electron chi connectivity index (χ3n) is 5.27. The normalized spacial score (nSPS) is 18.3. The summed E-state index contributed by atoms with van der Waals surface area (Å²) in [7, 11) is -1.99. The summed E-state index contributed by atoms with van der Waals surface area (Å²) < 4.78 is 11.4. The van der Waals surface area contributed by atoms with Crippen LogP contribution in [-0.4, -0.2) is 43.9 Å². The number of benzene rings is 1. The Labute approximate surface area is 176 Å². The van der Waals surface area contributed by atoms with Gasteiger partial charge in [-0.3, -0.25) is 0 Å². The van der Waals surface area contributed by atoms with Crippen LogP contribution in [0.4, 0.5) is 4.79 Å². The van der Waals surface area contributed by atoms with Gasteiger partial charge in [0.1, 0.15) is 26.3 Å². The van der Waals surface area contributed by atoms with E-state index in [-0.39, 0.29) is 11.5 Å². The Balaban J connectivity index is 2.32. The SMILES string of the molecule is C=C(C(C)C(NC(=O)OC(C)(C)C)C1=NC(C)(C)CO1)[Si](C)(C)c1ccccc1. The van der Waals surface area contributed by atoms with Crippen LogP contribution < -0.4 is 10.5 Å². The highest BCUT2D eigenvalue weighted by molar-refractivity contribution is 6.95. The van der Waals surface area contributed by atoms with Crippen LogP contribution in [0.1, 0.15) is 41.5 Å². The molecule has 0 aliphatic carbocycles. The summed E-state index contributed by atoms with van der Waals surface area (Å²) in [6, 6.07) is 10.0. The van der Waals surface area contributed by atoms with E-state index < -0.39 is 25.8 Å². The molecule has 0 saturated carbocycles. The molecule has 0 bridgehead atoms. The molecule has 5 nitrogen and oxygen atoms in total. The Bertz CT molecular complexity index is 779. The van der Waals surface area contributed by atoms with E-state index in [2.05, 4.69) is 56.2 Å². The minimum absolute atomic E-state index is 0.0583. The highest BCUT2D eigenvalue weighted by atomic mass is 28.3. The molecule has 1 N–H and O–H groups in total. The van der Waals surface area contributed by atoms with E-state index in [0.29, 0.717) is 12.5 Å². The minimum Gasteiger partial charge on any atom is -0.477 e. The minimum atomic E-state index is -1.99. The number of hydrogen-bond donors (Lipinski definition) is 1. The molecule has 1 aliphatic heterocycles. The molecular weight excluding hydrogens is 380 g/mol. The number of hydrogen-bond acceptors (Lipinski definition) is 4. The van der Waals surface area contributed by atoms with Crippen LogP contribution in [0.5, 0.6) is 0 Å². The second-order valence-corrected chi connectivity index (χ2v) is 14.4. The molecule has 2 rings (SSSR count). The monoisotopic (exact) mass is 416 g/mol. The average molecular weight is 417 g/mol. The lowest BCUT2D eigenvalue weighted by Gasteiger charge is -2.34. The van der Waals surface area contributed by atoms with E-state index in [1.165, 1.54) is 5.19 Å². The molecule has 2 atom stereocenters. The number of amides is 1. The van der Waals surface area contributed by atoms with Gasteiger partial charge in [0.15, 0.2) is 0 Å². The molecule has 29 heavy (non-hydrogen) atoms. The first kappa shape index (κ1) is 23.2. The maximum atomic E-state index is 12.6. The lowest BCUT2D eigenvalue weighted by Crippen LogP contribution is -2.53. The first-order chi connectivity index (χ1) is 13.2. The lowest BCUT2D eigenvalue weighted by atomic mass is 10.0. The molecule has 1 heterocycles. The van der Waals surface area contributed by atoms with Gasteiger partial charge in [-0.1, -0.05) is 60.7 Å². The predicted octanol–water partition coefficient (Wildman–Crippen LogP) is 4.43. The van der Waals surface area contributed by atoms with Gasteiger partial charge < -0.3 is 14.8 Å². The van der Waals surface area contributed by atoms with Crippen molar-refractivity contribution in [3.63, 3.8) is 0 Å². The number of nitrogens with zero attached hydrogens (tertiary/aromatic N) is 1. The van der Waals surface area contributed by atoms with E-state index in [1.807, 2.05) is 40.7 Å². The largest absolute Gasteiger partial charge is 0.477 e. The maximum absolute atomic E-state index is 12.6. The fraction of sp³-hybridized carbons (Fsp3) is 0.565. The highest BCUT2D eigenvalue weighted by Gasteiger charge is 2.40. The van der Waals surface area contributed by atoms with Gasteiger partial charge in [0.2, 0.25) is 5.90 Å². The first-order valence-corrected chi connectivity index (χ1v) is 13.2.